The van der Waals surface area contributed by atoms with Crippen LogP contribution in [0.1, 0.15) is 39.5 Å². The maximum atomic E-state index is 5.38. The lowest BCUT2D eigenvalue weighted by Gasteiger charge is -2.19. The molecule has 0 saturated carbocycles. The highest BCUT2D eigenvalue weighted by molar-refractivity contribution is 5.00. The van der Waals surface area contributed by atoms with Gasteiger partial charge in [-0.1, -0.05) is 13.3 Å². The Morgan fingerprint density at radius 2 is 2.50 bits per heavy atom. The van der Waals surface area contributed by atoms with E-state index >= 15 is 0 Å². The Morgan fingerprint density at radius 3 is 3.00 bits per heavy atom. The molecule has 0 saturated heterocycles. The molecule has 1 atom stereocenters. The summed E-state index contributed by atoms with van der Waals surface area (Å²) in [4.78, 5) is 0. The largest absolute Gasteiger partial charge is 0.498 e. The first-order valence-electron chi connectivity index (χ1n) is 4.16. The van der Waals surface area contributed by atoms with Gasteiger partial charge in [0, 0.05) is 0 Å². The van der Waals surface area contributed by atoms with Crippen LogP contribution in [0.15, 0.2) is 11.8 Å². The third kappa shape index (κ3) is 2.05. The van der Waals surface area contributed by atoms with Crippen LogP contribution in [0.25, 0.3) is 0 Å². The first kappa shape index (κ1) is 7.64. The molecule has 1 nitrogen and oxygen atoms in total. The van der Waals surface area contributed by atoms with Gasteiger partial charge in [0.2, 0.25) is 0 Å². The van der Waals surface area contributed by atoms with Crippen molar-refractivity contribution in [3.8, 4) is 0 Å². The standard InChI is InChI=1S/C9H16O/c1-3-4-9-6-5-8(2)10-7-9/h7-8H,3-6H2,1-2H3. The van der Waals surface area contributed by atoms with Crippen LogP contribution in [-0.4, -0.2) is 6.10 Å². The smallest absolute Gasteiger partial charge is 0.0953 e. The SMILES string of the molecule is CCCC1=COC(C)CC1. The summed E-state index contributed by atoms with van der Waals surface area (Å²) in [7, 11) is 0. The van der Waals surface area contributed by atoms with E-state index in [1.165, 1.54) is 31.3 Å². The molecule has 0 fully saturated rings. The summed E-state index contributed by atoms with van der Waals surface area (Å²) in [5.74, 6) is 0. The lowest BCUT2D eigenvalue weighted by Crippen LogP contribution is -2.09. The Hall–Kier alpha value is -0.460. The summed E-state index contributed by atoms with van der Waals surface area (Å²) >= 11 is 0. The molecule has 1 heterocycles. The van der Waals surface area contributed by atoms with E-state index in [4.69, 9.17) is 4.74 Å². The summed E-state index contributed by atoms with van der Waals surface area (Å²) in [5, 5.41) is 0. The Labute approximate surface area is 63.1 Å². The van der Waals surface area contributed by atoms with Gasteiger partial charge in [-0.2, -0.15) is 0 Å². The van der Waals surface area contributed by atoms with Crippen LogP contribution in [0.4, 0.5) is 0 Å². The van der Waals surface area contributed by atoms with Gasteiger partial charge >= 0.3 is 0 Å². The highest BCUT2D eigenvalue weighted by Crippen LogP contribution is 2.20. The molecule has 1 rings (SSSR count). The molecule has 0 aromatic rings. The van der Waals surface area contributed by atoms with Gasteiger partial charge in [0.25, 0.3) is 0 Å². The Kier molecular flexibility index (Phi) is 2.79. The van der Waals surface area contributed by atoms with Crippen LogP contribution in [0, 0.1) is 0 Å². The Bertz CT molecular complexity index is 127. The molecule has 0 aliphatic carbocycles. The van der Waals surface area contributed by atoms with E-state index in [1.807, 2.05) is 6.26 Å². The first-order valence-corrected chi connectivity index (χ1v) is 4.16. The van der Waals surface area contributed by atoms with Gasteiger partial charge in [0.05, 0.1) is 12.4 Å². The minimum Gasteiger partial charge on any atom is -0.498 e. The molecule has 1 unspecified atom stereocenters. The molecule has 0 bridgehead atoms. The summed E-state index contributed by atoms with van der Waals surface area (Å²) in [6.07, 6.45) is 7.30. The molecule has 0 radical (unpaired) electrons. The monoisotopic (exact) mass is 140 g/mol. The maximum absolute atomic E-state index is 5.38. The van der Waals surface area contributed by atoms with E-state index < -0.39 is 0 Å². The number of ether oxygens (including phenoxy) is 1. The molecule has 0 spiro atoms. The van der Waals surface area contributed by atoms with Crippen molar-refractivity contribution >= 4 is 0 Å². The van der Waals surface area contributed by atoms with Gasteiger partial charge in [-0.25, -0.2) is 0 Å². The van der Waals surface area contributed by atoms with E-state index in [9.17, 15) is 0 Å². The van der Waals surface area contributed by atoms with E-state index in [0.29, 0.717) is 6.10 Å². The highest BCUT2D eigenvalue weighted by atomic mass is 16.5. The molecule has 1 aliphatic heterocycles. The molecule has 58 valence electrons. The van der Waals surface area contributed by atoms with E-state index in [0.717, 1.165) is 0 Å². The summed E-state index contributed by atoms with van der Waals surface area (Å²) in [5.41, 5.74) is 1.49. The van der Waals surface area contributed by atoms with Gasteiger partial charge in [0.1, 0.15) is 0 Å². The van der Waals surface area contributed by atoms with E-state index in [2.05, 4.69) is 13.8 Å². The molecule has 10 heavy (non-hydrogen) atoms. The average Bonchev–Trinajstić information content (AvgIpc) is 1.95. The summed E-state index contributed by atoms with van der Waals surface area (Å²) < 4.78 is 5.38. The van der Waals surface area contributed by atoms with Crippen molar-refractivity contribution < 1.29 is 4.74 Å². The number of rotatable bonds is 2. The highest BCUT2D eigenvalue weighted by Gasteiger charge is 2.09. The topological polar surface area (TPSA) is 9.23 Å². The second-order valence-corrected chi connectivity index (χ2v) is 3.01. The second-order valence-electron chi connectivity index (χ2n) is 3.01. The van der Waals surface area contributed by atoms with Crippen LogP contribution in [-0.2, 0) is 4.74 Å². The van der Waals surface area contributed by atoms with Gasteiger partial charge in [-0.05, 0) is 31.8 Å². The fourth-order valence-corrected chi connectivity index (χ4v) is 1.23. The zero-order chi connectivity index (χ0) is 7.40. The van der Waals surface area contributed by atoms with Crippen LogP contribution in [0.3, 0.4) is 0 Å². The van der Waals surface area contributed by atoms with Crippen molar-refractivity contribution in [1.29, 1.82) is 0 Å². The van der Waals surface area contributed by atoms with Crippen LogP contribution in [0.2, 0.25) is 0 Å². The van der Waals surface area contributed by atoms with Gasteiger partial charge in [-0.15, -0.1) is 0 Å². The molecule has 0 aromatic carbocycles. The number of allylic oxidation sites excluding steroid dienone is 1. The van der Waals surface area contributed by atoms with E-state index in [-0.39, 0.29) is 0 Å². The Balaban J connectivity index is 2.33. The second kappa shape index (κ2) is 3.65. The molecule has 0 aromatic heterocycles. The molecule has 1 heteroatoms. The summed E-state index contributed by atoms with van der Waals surface area (Å²) in [6.45, 7) is 4.33. The van der Waals surface area contributed by atoms with Crippen molar-refractivity contribution in [2.45, 2.75) is 45.6 Å². The van der Waals surface area contributed by atoms with Crippen molar-refractivity contribution in [3.63, 3.8) is 0 Å². The normalized spacial score (nSPS) is 25.4. The lowest BCUT2D eigenvalue weighted by atomic mass is 10.0. The number of hydrogen-bond donors (Lipinski definition) is 0. The van der Waals surface area contributed by atoms with Crippen molar-refractivity contribution in [2.75, 3.05) is 0 Å². The third-order valence-corrected chi connectivity index (χ3v) is 1.91. The van der Waals surface area contributed by atoms with Crippen LogP contribution in [0.5, 0.6) is 0 Å². The quantitative estimate of drug-likeness (QED) is 0.573. The molecule has 0 N–H and O–H groups in total. The fourth-order valence-electron chi connectivity index (χ4n) is 1.23. The molecular formula is C9H16O. The third-order valence-electron chi connectivity index (χ3n) is 1.91. The van der Waals surface area contributed by atoms with Crippen LogP contribution < -0.4 is 0 Å². The van der Waals surface area contributed by atoms with Gasteiger partial charge < -0.3 is 4.74 Å². The zero-order valence-corrected chi connectivity index (χ0v) is 6.89. The van der Waals surface area contributed by atoms with Crippen molar-refractivity contribution in [3.05, 3.63) is 11.8 Å². The molecule has 1 aliphatic rings. The molecular weight excluding hydrogens is 124 g/mol. The summed E-state index contributed by atoms with van der Waals surface area (Å²) in [6, 6.07) is 0. The Morgan fingerprint density at radius 1 is 1.70 bits per heavy atom. The predicted molar refractivity (Wildman–Crippen MR) is 42.8 cm³/mol. The minimum absolute atomic E-state index is 0.445. The van der Waals surface area contributed by atoms with Gasteiger partial charge in [-0.3, -0.25) is 0 Å². The first-order chi connectivity index (χ1) is 4.83. The fraction of sp³-hybridized carbons (Fsp3) is 0.778. The van der Waals surface area contributed by atoms with E-state index in [1.54, 1.807) is 0 Å². The predicted octanol–water partition coefficient (Wildman–Crippen LogP) is 2.87. The van der Waals surface area contributed by atoms with Crippen molar-refractivity contribution in [1.82, 2.24) is 0 Å². The van der Waals surface area contributed by atoms with Gasteiger partial charge in [0.15, 0.2) is 0 Å². The average molecular weight is 140 g/mol. The number of hydrogen-bond acceptors (Lipinski definition) is 1. The molecule has 0 amide bonds. The lowest BCUT2D eigenvalue weighted by molar-refractivity contribution is 0.135. The van der Waals surface area contributed by atoms with Crippen molar-refractivity contribution in [2.24, 2.45) is 0 Å². The van der Waals surface area contributed by atoms with Crippen LogP contribution >= 0.6 is 0 Å². The zero-order valence-electron chi connectivity index (χ0n) is 6.89. The maximum Gasteiger partial charge on any atom is 0.0953 e. The minimum atomic E-state index is 0.445.